The molecule has 1 unspecified atom stereocenters. The van der Waals surface area contributed by atoms with Crippen molar-refractivity contribution in [2.75, 3.05) is 65.8 Å². The second-order valence-corrected chi connectivity index (χ2v) is 11.9. The molecule has 0 saturated heterocycles. The number of fused-ring (bicyclic) bond motifs is 2. The standard InChI is InChI=1S/C28H39N4O2S/c1-28(31(3)21-13-9-10-14-24(21)35-28)19-20-26-22(16-17-23(33-7)27(26)34-8)30(2)25(29-20)15-11-12-18-32(4,5)6/h9-10,13-14,16-17,19H,11-12,15,18H2,1-8H3/q+1/b20-19-. The van der Waals surface area contributed by atoms with Crippen molar-refractivity contribution < 1.29 is 14.0 Å². The molecule has 0 aliphatic carbocycles. The summed E-state index contributed by atoms with van der Waals surface area (Å²) >= 11 is 1.86. The molecule has 0 saturated carbocycles. The molecule has 2 heterocycles. The second-order valence-electron chi connectivity index (χ2n) is 10.5. The summed E-state index contributed by atoms with van der Waals surface area (Å²) in [5.74, 6) is 2.53. The first kappa shape index (κ1) is 25.5. The first-order valence-electron chi connectivity index (χ1n) is 12.2. The van der Waals surface area contributed by atoms with E-state index < -0.39 is 0 Å². The number of anilines is 2. The van der Waals surface area contributed by atoms with Crippen molar-refractivity contribution >= 4 is 34.7 Å². The number of para-hydroxylation sites is 1. The lowest BCUT2D eigenvalue weighted by Gasteiger charge is -2.34. The maximum absolute atomic E-state index is 5.89. The smallest absolute Gasteiger partial charge is 0.172 e. The zero-order chi connectivity index (χ0) is 25.4. The Bertz CT molecular complexity index is 1150. The molecule has 2 aromatic rings. The summed E-state index contributed by atoms with van der Waals surface area (Å²) in [6.45, 7) is 3.41. The van der Waals surface area contributed by atoms with Gasteiger partial charge in [0.05, 0.1) is 64.5 Å². The van der Waals surface area contributed by atoms with Gasteiger partial charge in [0.15, 0.2) is 11.5 Å². The molecule has 4 rings (SSSR count). The number of amidine groups is 1. The number of rotatable bonds is 8. The molecule has 2 aliphatic heterocycles. The Kier molecular flexibility index (Phi) is 7.11. The molecule has 35 heavy (non-hydrogen) atoms. The van der Waals surface area contributed by atoms with Crippen LogP contribution in [0.15, 0.2) is 52.4 Å². The van der Waals surface area contributed by atoms with Gasteiger partial charge in [-0.3, -0.25) is 0 Å². The average Bonchev–Trinajstić information content (AvgIpc) is 3.07. The van der Waals surface area contributed by atoms with Crippen molar-refractivity contribution in [1.82, 2.24) is 0 Å². The van der Waals surface area contributed by atoms with E-state index in [-0.39, 0.29) is 4.87 Å². The monoisotopic (exact) mass is 495 g/mol. The van der Waals surface area contributed by atoms with E-state index in [1.807, 2.05) is 17.8 Å². The van der Waals surface area contributed by atoms with Gasteiger partial charge in [0, 0.05) is 25.4 Å². The number of hydrogen-bond donors (Lipinski definition) is 0. The number of aliphatic imine (C=N–C) groups is 1. The Labute approximate surface area is 214 Å². The van der Waals surface area contributed by atoms with Crippen molar-refractivity contribution in [3.63, 3.8) is 0 Å². The van der Waals surface area contributed by atoms with Crippen molar-refractivity contribution in [2.24, 2.45) is 4.99 Å². The number of methoxy groups -OCH3 is 2. The van der Waals surface area contributed by atoms with Crippen molar-refractivity contribution in [3.05, 3.63) is 48.0 Å². The highest BCUT2D eigenvalue weighted by molar-refractivity contribution is 8.01. The van der Waals surface area contributed by atoms with E-state index in [1.54, 1.807) is 14.2 Å². The van der Waals surface area contributed by atoms with Crippen LogP contribution < -0.4 is 19.3 Å². The van der Waals surface area contributed by atoms with Gasteiger partial charge < -0.3 is 23.8 Å². The summed E-state index contributed by atoms with van der Waals surface area (Å²) in [6.07, 6.45) is 5.49. The fourth-order valence-corrected chi connectivity index (χ4v) is 6.09. The Morgan fingerprint density at radius 1 is 1.00 bits per heavy atom. The normalized spacial score (nSPS) is 20.6. The van der Waals surface area contributed by atoms with Crippen LogP contribution >= 0.6 is 11.8 Å². The van der Waals surface area contributed by atoms with Gasteiger partial charge in [0.2, 0.25) is 0 Å². The van der Waals surface area contributed by atoms with Crippen LogP contribution in [-0.4, -0.2) is 71.2 Å². The third kappa shape index (κ3) is 5.02. The fraction of sp³-hybridized carbons (Fsp3) is 0.464. The first-order valence-corrected chi connectivity index (χ1v) is 13.0. The molecule has 6 nitrogen and oxygen atoms in total. The van der Waals surface area contributed by atoms with Crippen LogP contribution in [-0.2, 0) is 0 Å². The van der Waals surface area contributed by atoms with Crippen LogP contribution in [0.3, 0.4) is 0 Å². The van der Waals surface area contributed by atoms with Crippen LogP contribution in [0.4, 0.5) is 11.4 Å². The molecule has 0 fully saturated rings. The highest BCUT2D eigenvalue weighted by Gasteiger charge is 2.39. The van der Waals surface area contributed by atoms with Gasteiger partial charge in [-0.15, -0.1) is 0 Å². The molecule has 0 bridgehead atoms. The SMILES string of the molecule is COc1ccc2c(c1OC)/C(=C/C1(C)Sc3ccccc3N1C)N=C(CCCC[N+](C)(C)C)N2C. The predicted octanol–water partition coefficient (Wildman–Crippen LogP) is 5.73. The number of benzene rings is 2. The van der Waals surface area contributed by atoms with Crippen LogP contribution in [0.5, 0.6) is 11.5 Å². The minimum absolute atomic E-state index is 0.279. The van der Waals surface area contributed by atoms with Crippen molar-refractivity contribution in [2.45, 2.75) is 36.0 Å². The van der Waals surface area contributed by atoms with Gasteiger partial charge in [-0.25, -0.2) is 4.99 Å². The number of quaternary nitrogens is 1. The zero-order valence-corrected chi connectivity index (χ0v) is 23.2. The molecule has 0 aromatic heterocycles. The van der Waals surface area contributed by atoms with E-state index in [4.69, 9.17) is 14.5 Å². The Morgan fingerprint density at radius 3 is 2.40 bits per heavy atom. The van der Waals surface area contributed by atoms with Crippen LogP contribution in [0.25, 0.3) is 5.70 Å². The van der Waals surface area contributed by atoms with E-state index in [1.165, 1.54) is 17.0 Å². The number of unbranched alkanes of at least 4 members (excludes halogenated alkanes) is 1. The van der Waals surface area contributed by atoms with E-state index in [9.17, 15) is 0 Å². The van der Waals surface area contributed by atoms with E-state index in [0.717, 1.165) is 52.4 Å². The minimum Gasteiger partial charge on any atom is -0.493 e. The van der Waals surface area contributed by atoms with Crippen LogP contribution in [0, 0.1) is 0 Å². The lowest BCUT2D eigenvalue weighted by molar-refractivity contribution is -0.870. The van der Waals surface area contributed by atoms with Gasteiger partial charge in [-0.2, -0.15) is 0 Å². The molecule has 0 spiro atoms. The maximum Gasteiger partial charge on any atom is 0.172 e. The molecule has 0 radical (unpaired) electrons. The molecule has 0 amide bonds. The quantitative estimate of drug-likeness (QED) is 0.345. The van der Waals surface area contributed by atoms with E-state index in [2.05, 4.69) is 88.4 Å². The third-order valence-corrected chi connectivity index (χ3v) is 8.24. The van der Waals surface area contributed by atoms with Crippen molar-refractivity contribution in [1.29, 1.82) is 0 Å². The Balaban J connectivity index is 1.76. The van der Waals surface area contributed by atoms with Gasteiger partial charge in [-0.05, 0) is 50.1 Å². The summed E-state index contributed by atoms with van der Waals surface area (Å²) in [6, 6.07) is 12.7. The summed E-state index contributed by atoms with van der Waals surface area (Å²) in [5.41, 5.74) is 4.25. The molecular formula is C28H39N4O2S+. The van der Waals surface area contributed by atoms with E-state index in [0.29, 0.717) is 5.75 Å². The highest BCUT2D eigenvalue weighted by atomic mass is 32.2. The number of thioether (sulfide) groups is 1. The topological polar surface area (TPSA) is 37.3 Å². The highest BCUT2D eigenvalue weighted by Crippen LogP contribution is 2.52. The number of likely N-dealkylation sites (N-methyl/N-ethyl adjacent to an activating group) is 1. The summed E-state index contributed by atoms with van der Waals surface area (Å²) in [4.78, 5) is 10.8. The molecule has 1 atom stereocenters. The Morgan fingerprint density at radius 2 is 1.74 bits per heavy atom. The number of ether oxygens (including phenoxy) is 2. The molecule has 2 aromatic carbocycles. The third-order valence-electron chi connectivity index (χ3n) is 6.87. The van der Waals surface area contributed by atoms with Crippen molar-refractivity contribution in [3.8, 4) is 11.5 Å². The van der Waals surface area contributed by atoms with Gasteiger partial charge in [0.1, 0.15) is 10.7 Å². The fourth-order valence-electron chi connectivity index (χ4n) is 4.78. The summed E-state index contributed by atoms with van der Waals surface area (Å²) in [7, 11) is 14.4. The van der Waals surface area contributed by atoms with Gasteiger partial charge in [0.25, 0.3) is 0 Å². The van der Waals surface area contributed by atoms with Gasteiger partial charge >= 0.3 is 0 Å². The summed E-state index contributed by atoms with van der Waals surface area (Å²) in [5, 5.41) is 0. The molecule has 7 heteroatoms. The van der Waals surface area contributed by atoms with Gasteiger partial charge in [-0.1, -0.05) is 23.9 Å². The lowest BCUT2D eigenvalue weighted by Crippen LogP contribution is -2.36. The predicted molar refractivity (Wildman–Crippen MR) is 149 cm³/mol. The molecule has 2 aliphatic rings. The largest absolute Gasteiger partial charge is 0.493 e. The summed E-state index contributed by atoms with van der Waals surface area (Å²) < 4.78 is 12.5. The second kappa shape index (κ2) is 9.78. The molecular weight excluding hydrogens is 456 g/mol. The Hall–Kier alpha value is -2.64. The number of hydrogen-bond acceptors (Lipinski definition) is 6. The molecule has 0 N–H and O–H groups in total. The van der Waals surface area contributed by atoms with E-state index >= 15 is 0 Å². The maximum atomic E-state index is 5.89. The van der Waals surface area contributed by atoms with Crippen LogP contribution in [0.2, 0.25) is 0 Å². The van der Waals surface area contributed by atoms with Crippen LogP contribution in [0.1, 0.15) is 31.7 Å². The lowest BCUT2D eigenvalue weighted by atomic mass is 10.0. The average molecular weight is 496 g/mol. The zero-order valence-electron chi connectivity index (χ0n) is 22.4. The first-order chi connectivity index (χ1) is 16.6. The molecule has 188 valence electrons. The minimum atomic E-state index is -0.279. The number of nitrogens with zero attached hydrogens (tertiary/aromatic N) is 4.